The van der Waals surface area contributed by atoms with Gasteiger partial charge in [0.15, 0.2) is 0 Å². The van der Waals surface area contributed by atoms with Crippen molar-refractivity contribution in [2.24, 2.45) is 5.92 Å². The molecule has 1 aliphatic carbocycles. The highest BCUT2D eigenvalue weighted by molar-refractivity contribution is 5.76. The molecule has 1 amide bonds. The zero-order valence-electron chi connectivity index (χ0n) is 15.9. The monoisotopic (exact) mass is 368 g/mol. The van der Waals surface area contributed by atoms with Crippen LogP contribution in [0.1, 0.15) is 43.0 Å². The SMILES string of the molecule is COc1ccc(CN2Cc3ccnn3[C@@H](CCNC(=O)CC3CC3)C2)cc1. The van der Waals surface area contributed by atoms with Crippen LogP contribution in [0.3, 0.4) is 0 Å². The summed E-state index contributed by atoms with van der Waals surface area (Å²) >= 11 is 0. The Labute approximate surface area is 160 Å². The molecular weight excluding hydrogens is 340 g/mol. The molecule has 1 N–H and O–H groups in total. The molecule has 6 heteroatoms. The Morgan fingerprint density at radius 1 is 1.26 bits per heavy atom. The summed E-state index contributed by atoms with van der Waals surface area (Å²) in [4.78, 5) is 14.4. The number of fused-ring (bicyclic) bond motifs is 1. The topological polar surface area (TPSA) is 59.4 Å². The lowest BCUT2D eigenvalue weighted by Crippen LogP contribution is -2.39. The van der Waals surface area contributed by atoms with Gasteiger partial charge in [-0.1, -0.05) is 12.1 Å². The Morgan fingerprint density at radius 3 is 2.81 bits per heavy atom. The van der Waals surface area contributed by atoms with E-state index >= 15 is 0 Å². The first-order valence-electron chi connectivity index (χ1n) is 9.85. The van der Waals surface area contributed by atoms with E-state index in [4.69, 9.17) is 4.74 Å². The number of methoxy groups -OCH3 is 1. The third kappa shape index (κ3) is 4.69. The van der Waals surface area contributed by atoms with Crippen molar-refractivity contribution >= 4 is 5.91 Å². The first-order valence-corrected chi connectivity index (χ1v) is 9.85. The van der Waals surface area contributed by atoms with Gasteiger partial charge in [-0.25, -0.2) is 0 Å². The maximum atomic E-state index is 11.9. The maximum Gasteiger partial charge on any atom is 0.220 e. The number of benzene rings is 1. The van der Waals surface area contributed by atoms with Gasteiger partial charge in [0.1, 0.15) is 5.75 Å². The Kier molecular flexibility index (Phi) is 5.43. The zero-order chi connectivity index (χ0) is 18.6. The van der Waals surface area contributed by atoms with Crippen molar-refractivity contribution in [3.8, 4) is 5.75 Å². The summed E-state index contributed by atoms with van der Waals surface area (Å²) in [5.74, 6) is 1.72. The maximum absolute atomic E-state index is 11.9. The molecule has 1 aromatic carbocycles. The zero-order valence-corrected chi connectivity index (χ0v) is 15.9. The summed E-state index contributed by atoms with van der Waals surface area (Å²) in [6.45, 7) is 3.46. The van der Waals surface area contributed by atoms with Gasteiger partial charge in [0.05, 0.1) is 18.8 Å². The van der Waals surface area contributed by atoms with Gasteiger partial charge in [-0.05, 0) is 48.9 Å². The number of hydrogen-bond acceptors (Lipinski definition) is 4. The molecule has 2 aromatic rings. The predicted molar refractivity (Wildman–Crippen MR) is 103 cm³/mol. The van der Waals surface area contributed by atoms with Crippen molar-refractivity contribution in [2.75, 3.05) is 20.2 Å². The van der Waals surface area contributed by atoms with E-state index in [-0.39, 0.29) is 5.91 Å². The third-order valence-electron chi connectivity index (χ3n) is 5.49. The minimum Gasteiger partial charge on any atom is -0.497 e. The van der Waals surface area contributed by atoms with E-state index in [0.717, 1.165) is 31.8 Å². The molecule has 0 radical (unpaired) electrons. The van der Waals surface area contributed by atoms with Crippen LogP contribution in [0, 0.1) is 5.92 Å². The van der Waals surface area contributed by atoms with Crippen LogP contribution in [-0.4, -0.2) is 40.8 Å². The standard InChI is InChI=1S/C21H28N4O2/c1-27-20-6-4-17(5-7-20)13-24-14-18(25-19(15-24)9-11-23-25)8-10-22-21(26)12-16-2-3-16/h4-7,9,11,16,18H,2-3,8,10,12-15H2,1H3,(H,22,26)/t18-/m0/s1. The van der Waals surface area contributed by atoms with Gasteiger partial charge >= 0.3 is 0 Å². The van der Waals surface area contributed by atoms with E-state index in [1.165, 1.54) is 24.1 Å². The lowest BCUT2D eigenvalue weighted by molar-refractivity contribution is -0.121. The molecule has 0 spiro atoms. The van der Waals surface area contributed by atoms with E-state index in [1.54, 1.807) is 7.11 Å². The Bertz CT molecular complexity index is 767. The van der Waals surface area contributed by atoms with Crippen LogP contribution in [0.5, 0.6) is 5.75 Å². The smallest absolute Gasteiger partial charge is 0.220 e. The van der Waals surface area contributed by atoms with Crippen LogP contribution in [0.15, 0.2) is 36.5 Å². The van der Waals surface area contributed by atoms with E-state index < -0.39 is 0 Å². The summed E-state index contributed by atoms with van der Waals surface area (Å²) in [5, 5.41) is 7.61. The first-order chi connectivity index (χ1) is 13.2. The number of amides is 1. The highest BCUT2D eigenvalue weighted by Crippen LogP contribution is 2.32. The van der Waals surface area contributed by atoms with Crippen LogP contribution in [-0.2, 0) is 17.9 Å². The number of nitrogens with one attached hydrogen (secondary N) is 1. The van der Waals surface area contributed by atoms with Crippen molar-refractivity contribution in [2.45, 2.75) is 44.8 Å². The molecule has 1 saturated carbocycles. The Balaban J connectivity index is 1.34. The predicted octanol–water partition coefficient (Wildman–Crippen LogP) is 2.76. The minimum atomic E-state index is 0.198. The molecule has 27 heavy (non-hydrogen) atoms. The molecule has 1 fully saturated rings. The number of nitrogens with zero attached hydrogens (tertiary/aromatic N) is 3. The fourth-order valence-electron chi connectivity index (χ4n) is 3.82. The molecule has 2 aliphatic rings. The number of carbonyl (C=O) groups excluding carboxylic acids is 1. The lowest BCUT2D eigenvalue weighted by Gasteiger charge is -2.34. The number of aromatic nitrogens is 2. The van der Waals surface area contributed by atoms with E-state index in [9.17, 15) is 4.79 Å². The van der Waals surface area contributed by atoms with Crippen LogP contribution >= 0.6 is 0 Å². The molecule has 1 aliphatic heterocycles. The molecular formula is C21H28N4O2. The second-order valence-electron chi connectivity index (χ2n) is 7.72. The quantitative estimate of drug-likeness (QED) is 0.778. The molecule has 0 bridgehead atoms. The van der Waals surface area contributed by atoms with E-state index in [2.05, 4.69) is 38.2 Å². The summed E-state index contributed by atoms with van der Waals surface area (Å²) in [6, 6.07) is 10.7. The summed E-state index contributed by atoms with van der Waals surface area (Å²) < 4.78 is 7.38. The van der Waals surface area contributed by atoms with Gasteiger partial charge in [-0.2, -0.15) is 5.10 Å². The number of hydrogen-bond donors (Lipinski definition) is 1. The van der Waals surface area contributed by atoms with E-state index in [1.807, 2.05) is 18.3 Å². The van der Waals surface area contributed by atoms with Gasteiger partial charge in [0.2, 0.25) is 5.91 Å². The average Bonchev–Trinajstić information content (AvgIpc) is 3.35. The second-order valence-corrected chi connectivity index (χ2v) is 7.72. The van der Waals surface area contributed by atoms with Gasteiger partial charge in [-0.15, -0.1) is 0 Å². The van der Waals surface area contributed by atoms with Crippen molar-refractivity contribution in [1.29, 1.82) is 0 Å². The highest BCUT2D eigenvalue weighted by Gasteiger charge is 2.26. The van der Waals surface area contributed by atoms with Gasteiger partial charge in [-0.3, -0.25) is 14.4 Å². The Hall–Kier alpha value is -2.34. The van der Waals surface area contributed by atoms with Gasteiger partial charge < -0.3 is 10.1 Å². The molecule has 1 aromatic heterocycles. The lowest BCUT2D eigenvalue weighted by atomic mass is 10.1. The normalized spacial score (nSPS) is 19.5. The van der Waals surface area contributed by atoms with E-state index in [0.29, 0.717) is 24.9 Å². The number of ether oxygens (including phenoxy) is 1. The number of carbonyl (C=O) groups is 1. The molecule has 144 valence electrons. The molecule has 6 nitrogen and oxygen atoms in total. The van der Waals surface area contributed by atoms with Crippen LogP contribution in [0.2, 0.25) is 0 Å². The van der Waals surface area contributed by atoms with Crippen LogP contribution < -0.4 is 10.1 Å². The molecule has 2 heterocycles. The fourth-order valence-corrected chi connectivity index (χ4v) is 3.82. The third-order valence-corrected chi connectivity index (χ3v) is 5.49. The van der Waals surface area contributed by atoms with Gasteiger partial charge in [0, 0.05) is 38.8 Å². The van der Waals surface area contributed by atoms with Crippen LogP contribution in [0.25, 0.3) is 0 Å². The van der Waals surface area contributed by atoms with Crippen molar-refractivity contribution in [3.05, 3.63) is 47.8 Å². The largest absolute Gasteiger partial charge is 0.497 e. The summed E-state index contributed by atoms with van der Waals surface area (Å²) in [6.07, 6.45) is 5.91. The minimum absolute atomic E-state index is 0.198. The summed E-state index contributed by atoms with van der Waals surface area (Å²) in [7, 11) is 1.69. The van der Waals surface area contributed by atoms with Crippen molar-refractivity contribution < 1.29 is 9.53 Å². The van der Waals surface area contributed by atoms with Crippen LogP contribution in [0.4, 0.5) is 0 Å². The first kappa shape index (κ1) is 18.0. The molecule has 0 saturated heterocycles. The fraction of sp³-hybridized carbons (Fsp3) is 0.524. The number of rotatable bonds is 8. The van der Waals surface area contributed by atoms with Crippen molar-refractivity contribution in [3.63, 3.8) is 0 Å². The van der Waals surface area contributed by atoms with Crippen molar-refractivity contribution in [1.82, 2.24) is 20.0 Å². The Morgan fingerprint density at radius 2 is 2.07 bits per heavy atom. The highest BCUT2D eigenvalue weighted by atomic mass is 16.5. The molecule has 1 atom stereocenters. The average molecular weight is 368 g/mol. The molecule has 0 unspecified atom stereocenters. The summed E-state index contributed by atoms with van der Waals surface area (Å²) in [5.41, 5.74) is 2.52. The van der Waals surface area contributed by atoms with Gasteiger partial charge in [0.25, 0.3) is 0 Å². The second kappa shape index (κ2) is 8.13. The molecule has 4 rings (SSSR count).